The van der Waals surface area contributed by atoms with Crippen LogP contribution in [0.3, 0.4) is 0 Å². The molecule has 28 heavy (non-hydrogen) atoms. The monoisotopic (exact) mass is 403 g/mol. The molecule has 152 valence electrons. The summed E-state index contributed by atoms with van der Waals surface area (Å²) >= 11 is 6.09. The molecule has 0 saturated heterocycles. The summed E-state index contributed by atoms with van der Waals surface area (Å²) in [7, 11) is 1.54. The fourth-order valence-electron chi connectivity index (χ4n) is 4.29. The second-order valence-electron chi connectivity index (χ2n) is 8.20. The van der Waals surface area contributed by atoms with Crippen LogP contribution in [0.1, 0.15) is 33.0 Å². The van der Waals surface area contributed by atoms with Crippen molar-refractivity contribution in [1.29, 1.82) is 0 Å². The standard InChI is InChI=1S/C22H30ClN3O2/c1-13(2)18-8-15(14(3)7-16(18)11-24-22(27)12-28-4)9-21-25-19-6-5-17(23)10-20(19)26-21/h5-7,10,13,15-16,18H,8-9,11-12H2,1-4H3,(H,24,27)(H,25,26)/t15-,16-,18-/m0/s1. The van der Waals surface area contributed by atoms with Crippen molar-refractivity contribution in [3.63, 3.8) is 0 Å². The van der Waals surface area contributed by atoms with Gasteiger partial charge in [0.25, 0.3) is 0 Å². The predicted octanol–water partition coefficient (Wildman–Crippen LogP) is 4.38. The molecule has 0 unspecified atom stereocenters. The Morgan fingerprint density at radius 2 is 2.21 bits per heavy atom. The van der Waals surface area contributed by atoms with E-state index in [1.807, 2.05) is 18.2 Å². The number of rotatable bonds is 7. The van der Waals surface area contributed by atoms with Gasteiger partial charge in [0.2, 0.25) is 5.91 Å². The molecule has 3 rings (SSSR count). The van der Waals surface area contributed by atoms with Crippen molar-refractivity contribution in [3.05, 3.63) is 40.7 Å². The number of H-pyrrole nitrogens is 1. The van der Waals surface area contributed by atoms with Crippen molar-refractivity contribution in [2.45, 2.75) is 33.6 Å². The van der Waals surface area contributed by atoms with Crippen LogP contribution in [0.4, 0.5) is 0 Å². The number of methoxy groups -OCH3 is 1. The summed E-state index contributed by atoms with van der Waals surface area (Å²) in [4.78, 5) is 19.9. The number of aromatic amines is 1. The first-order valence-electron chi connectivity index (χ1n) is 9.95. The first kappa shape index (κ1) is 20.9. The third kappa shape index (κ3) is 4.95. The lowest BCUT2D eigenvalue weighted by Crippen LogP contribution is -2.38. The molecular weight excluding hydrogens is 374 g/mol. The number of hydrogen-bond acceptors (Lipinski definition) is 3. The molecule has 1 aromatic heterocycles. The lowest BCUT2D eigenvalue weighted by atomic mass is 9.70. The molecule has 1 aromatic carbocycles. The van der Waals surface area contributed by atoms with Crippen LogP contribution in [0.25, 0.3) is 11.0 Å². The summed E-state index contributed by atoms with van der Waals surface area (Å²) in [6, 6.07) is 5.75. The molecule has 2 N–H and O–H groups in total. The minimum Gasteiger partial charge on any atom is -0.375 e. The van der Waals surface area contributed by atoms with Gasteiger partial charge in [0.1, 0.15) is 12.4 Å². The normalized spacial score (nSPS) is 22.5. The van der Waals surface area contributed by atoms with Gasteiger partial charge < -0.3 is 15.0 Å². The molecule has 1 aliphatic carbocycles. The van der Waals surface area contributed by atoms with E-state index in [0.29, 0.717) is 30.2 Å². The molecule has 5 nitrogen and oxygen atoms in total. The molecule has 0 aliphatic heterocycles. The van der Waals surface area contributed by atoms with Crippen LogP contribution in [0, 0.1) is 23.7 Å². The van der Waals surface area contributed by atoms with E-state index in [4.69, 9.17) is 21.3 Å². The number of nitrogens with zero attached hydrogens (tertiary/aromatic N) is 1. The van der Waals surface area contributed by atoms with Gasteiger partial charge in [0, 0.05) is 25.1 Å². The van der Waals surface area contributed by atoms with Crippen molar-refractivity contribution >= 4 is 28.5 Å². The largest absolute Gasteiger partial charge is 0.375 e. The number of fused-ring (bicyclic) bond motifs is 1. The minimum atomic E-state index is -0.0564. The Bertz CT molecular complexity index is 859. The van der Waals surface area contributed by atoms with Crippen LogP contribution in [0.5, 0.6) is 0 Å². The number of ether oxygens (including phenoxy) is 1. The topological polar surface area (TPSA) is 67.0 Å². The molecule has 1 heterocycles. The molecule has 6 heteroatoms. The van der Waals surface area contributed by atoms with Crippen LogP contribution in [0.2, 0.25) is 5.02 Å². The maximum absolute atomic E-state index is 11.8. The quantitative estimate of drug-likeness (QED) is 0.674. The number of imidazole rings is 1. The van der Waals surface area contributed by atoms with Gasteiger partial charge in [-0.05, 0) is 55.2 Å². The Morgan fingerprint density at radius 3 is 2.93 bits per heavy atom. The van der Waals surface area contributed by atoms with Gasteiger partial charge in [-0.1, -0.05) is 37.1 Å². The highest BCUT2D eigenvalue weighted by molar-refractivity contribution is 6.31. The van der Waals surface area contributed by atoms with Gasteiger partial charge >= 0.3 is 0 Å². The molecule has 1 aliphatic rings. The van der Waals surface area contributed by atoms with Crippen LogP contribution in [0.15, 0.2) is 29.8 Å². The lowest BCUT2D eigenvalue weighted by Gasteiger charge is -2.37. The van der Waals surface area contributed by atoms with Crippen LogP contribution in [-0.2, 0) is 16.0 Å². The maximum Gasteiger partial charge on any atom is 0.246 e. The van der Waals surface area contributed by atoms with Crippen molar-refractivity contribution in [3.8, 4) is 0 Å². The molecule has 1 amide bonds. The fraction of sp³-hybridized carbons (Fsp3) is 0.545. The van der Waals surface area contributed by atoms with E-state index in [1.54, 1.807) is 0 Å². The van der Waals surface area contributed by atoms with E-state index >= 15 is 0 Å². The Labute approximate surface area is 171 Å². The second-order valence-corrected chi connectivity index (χ2v) is 8.64. The summed E-state index contributed by atoms with van der Waals surface area (Å²) in [6.45, 7) is 7.51. The van der Waals surface area contributed by atoms with Gasteiger partial charge in [0.05, 0.1) is 11.0 Å². The number of nitrogens with one attached hydrogen (secondary N) is 2. The Morgan fingerprint density at radius 1 is 1.43 bits per heavy atom. The number of benzene rings is 1. The number of carbonyl (C=O) groups excluding carboxylic acids is 1. The lowest BCUT2D eigenvalue weighted by molar-refractivity contribution is -0.124. The third-order valence-electron chi connectivity index (χ3n) is 5.83. The van der Waals surface area contributed by atoms with Gasteiger partial charge in [-0.25, -0.2) is 4.98 Å². The van der Waals surface area contributed by atoms with Gasteiger partial charge in [-0.2, -0.15) is 0 Å². The van der Waals surface area contributed by atoms with E-state index in [2.05, 4.69) is 37.1 Å². The number of carbonyl (C=O) groups is 1. The molecule has 0 radical (unpaired) electrons. The molecule has 0 bridgehead atoms. The minimum absolute atomic E-state index is 0.0564. The predicted molar refractivity (Wildman–Crippen MR) is 113 cm³/mol. The smallest absolute Gasteiger partial charge is 0.246 e. The van der Waals surface area contributed by atoms with Crippen molar-refractivity contribution in [1.82, 2.24) is 15.3 Å². The van der Waals surface area contributed by atoms with E-state index in [9.17, 15) is 4.79 Å². The number of aromatic nitrogens is 2. The van der Waals surface area contributed by atoms with E-state index in [1.165, 1.54) is 12.7 Å². The first-order chi connectivity index (χ1) is 13.4. The van der Waals surface area contributed by atoms with Crippen molar-refractivity contribution in [2.24, 2.45) is 23.7 Å². The Balaban J connectivity index is 1.73. The molecule has 0 spiro atoms. The SMILES string of the molecule is COCC(=O)NC[C@@H]1C=C(C)[C@H](Cc2nc3ccc(Cl)cc3[nH]2)C[C@H]1C(C)C. The van der Waals surface area contributed by atoms with Gasteiger partial charge in [-0.3, -0.25) is 4.79 Å². The first-order valence-corrected chi connectivity index (χ1v) is 10.3. The summed E-state index contributed by atoms with van der Waals surface area (Å²) in [5.41, 5.74) is 3.32. The number of halogens is 1. The number of hydrogen-bond donors (Lipinski definition) is 2. The zero-order valence-corrected chi connectivity index (χ0v) is 17.8. The number of amides is 1. The maximum atomic E-state index is 11.8. The summed E-state index contributed by atoms with van der Waals surface area (Å²) in [5.74, 6) is 2.82. The molecular formula is C22H30ClN3O2. The highest BCUT2D eigenvalue weighted by atomic mass is 35.5. The molecule has 0 fully saturated rings. The Kier molecular flexibility index (Phi) is 6.78. The van der Waals surface area contributed by atoms with Crippen LogP contribution in [-0.4, -0.2) is 36.1 Å². The van der Waals surface area contributed by atoms with E-state index < -0.39 is 0 Å². The highest BCUT2D eigenvalue weighted by Crippen LogP contribution is 2.38. The average Bonchev–Trinajstić information content (AvgIpc) is 3.03. The molecule has 2 aromatic rings. The van der Waals surface area contributed by atoms with E-state index in [-0.39, 0.29) is 12.5 Å². The van der Waals surface area contributed by atoms with Crippen molar-refractivity contribution in [2.75, 3.05) is 20.3 Å². The Hall–Kier alpha value is -1.85. The zero-order valence-electron chi connectivity index (χ0n) is 17.1. The van der Waals surface area contributed by atoms with Gasteiger partial charge in [-0.15, -0.1) is 0 Å². The van der Waals surface area contributed by atoms with E-state index in [0.717, 1.165) is 34.7 Å². The molecule has 0 saturated carbocycles. The fourth-order valence-corrected chi connectivity index (χ4v) is 4.46. The number of allylic oxidation sites excluding steroid dienone is 1. The van der Waals surface area contributed by atoms with Crippen molar-refractivity contribution < 1.29 is 9.53 Å². The summed E-state index contributed by atoms with van der Waals surface area (Å²) in [6.07, 6.45) is 4.34. The third-order valence-corrected chi connectivity index (χ3v) is 6.06. The summed E-state index contributed by atoms with van der Waals surface area (Å²) in [5, 5.41) is 3.72. The molecule has 3 atom stereocenters. The van der Waals surface area contributed by atoms with Crippen LogP contribution < -0.4 is 5.32 Å². The van der Waals surface area contributed by atoms with Crippen LogP contribution >= 0.6 is 11.6 Å². The average molecular weight is 404 g/mol. The zero-order chi connectivity index (χ0) is 20.3. The van der Waals surface area contributed by atoms with Gasteiger partial charge in [0.15, 0.2) is 0 Å². The summed E-state index contributed by atoms with van der Waals surface area (Å²) < 4.78 is 4.91. The second kappa shape index (κ2) is 9.10. The highest BCUT2D eigenvalue weighted by Gasteiger charge is 2.32.